The molecule has 6 heteroatoms. The summed E-state index contributed by atoms with van der Waals surface area (Å²) in [5.41, 5.74) is 1.65. The Morgan fingerprint density at radius 1 is 1.47 bits per heavy atom. The molecule has 102 valence electrons. The average molecular weight is 299 g/mol. The smallest absolute Gasteiger partial charge is 0.227 e. The topological polar surface area (TPSA) is 46.3 Å². The Morgan fingerprint density at radius 3 is 2.74 bits per heavy atom. The standard InChI is InChI=1S/C13H15ClN2O2S/c1-8-11(9(2)18-15-8)6-13(17)16(3)7-10-4-5-12(14)19-10/h4-5H,6-7H2,1-3H3. The van der Waals surface area contributed by atoms with Crippen molar-refractivity contribution in [2.45, 2.75) is 26.8 Å². The SMILES string of the molecule is Cc1noc(C)c1CC(=O)N(C)Cc1ccc(Cl)s1. The summed E-state index contributed by atoms with van der Waals surface area (Å²) in [6, 6.07) is 3.78. The number of carbonyl (C=O) groups excluding carboxylic acids is 1. The van der Waals surface area contributed by atoms with Crippen molar-refractivity contribution in [2.75, 3.05) is 7.05 Å². The predicted octanol–water partition coefficient (Wildman–Crippen LogP) is 3.21. The van der Waals surface area contributed by atoms with Crippen molar-refractivity contribution in [1.29, 1.82) is 0 Å². The second-order valence-corrected chi connectivity index (χ2v) is 6.23. The van der Waals surface area contributed by atoms with Gasteiger partial charge in [0.05, 0.1) is 23.0 Å². The fourth-order valence-electron chi connectivity index (χ4n) is 1.80. The van der Waals surface area contributed by atoms with Gasteiger partial charge in [-0.3, -0.25) is 4.79 Å². The third kappa shape index (κ3) is 3.36. The lowest BCUT2D eigenvalue weighted by Gasteiger charge is -2.16. The van der Waals surface area contributed by atoms with E-state index in [0.29, 0.717) is 18.7 Å². The van der Waals surface area contributed by atoms with Crippen LogP contribution in [0.15, 0.2) is 16.7 Å². The third-order valence-corrected chi connectivity index (χ3v) is 4.17. The minimum absolute atomic E-state index is 0.0407. The zero-order valence-electron chi connectivity index (χ0n) is 11.1. The van der Waals surface area contributed by atoms with Crippen molar-refractivity contribution < 1.29 is 9.32 Å². The number of carbonyl (C=O) groups is 1. The Morgan fingerprint density at radius 2 is 2.21 bits per heavy atom. The molecule has 0 aliphatic rings. The molecule has 0 radical (unpaired) electrons. The first-order valence-corrected chi connectivity index (χ1v) is 7.06. The summed E-state index contributed by atoms with van der Waals surface area (Å²) >= 11 is 7.36. The second kappa shape index (κ2) is 5.75. The minimum atomic E-state index is 0.0407. The number of aromatic nitrogens is 1. The number of likely N-dealkylation sites (N-methyl/N-ethyl adjacent to an activating group) is 1. The molecule has 2 aromatic heterocycles. The van der Waals surface area contributed by atoms with Crippen molar-refractivity contribution in [1.82, 2.24) is 10.1 Å². The molecule has 0 saturated heterocycles. The van der Waals surface area contributed by atoms with Gasteiger partial charge < -0.3 is 9.42 Å². The average Bonchev–Trinajstić information content (AvgIpc) is 2.89. The molecule has 1 amide bonds. The van der Waals surface area contributed by atoms with Gasteiger partial charge in [0, 0.05) is 17.5 Å². The highest BCUT2D eigenvalue weighted by atomic mass is 35.5. The van der Waals surface area contributed by atoms with Crippen molar-refractivity contribution in [3.05, 3.63) is 38.4 Å². The largest absolute Gasteiger partial charge is 0.361 e. The van der Waals surface area contributed by atoms with Crippen LogP contribution in [-0.4, -0.2) is 23.0 Å². The van der Waals surface area contributed by atoms with Gasteiger partial charge in [-0.1, -0.05) is 16.8 Å². The van der Waals surface area contributed by atoms with Crippen LogP contribution in [0, 0.1) is 13.8 Å². The van der Waals surface area contributed by atoms with Crippen molar-refractivity contribution in [3.8, 4) is 0 Å². The van der Waals surface area contributed by atoms with Gasteiger partial charge in [-0.15, -0.1) is 11.3 Å². The first-order valence-electron chi connectivity index (χ1n) is 5.87. The van der Waals surface area contributed by atoms with Crippen LogP contribution < -0.4 is 0 Å². The maximum absolute atomic E-state index is 12.2. The molecule has 19 heavy (non-hydrogen) atoms. The van der Waals surface area contributed by atoms with E-state index in [4.69, 9.17) is 16.1 Å². The molecular formula is C13H15ClN2O2S. The molecule has 2 aromatic rings. The van der Waals surface area contributed by atoms with Gasteiger partial charge in [0.25, 0.3) is 0 Å². The molecule has 0 aliphatic carbocycles. The van der Waals surface area contributed by atoms with Crippen molar-refractivity contribution in [3.63, 3.8) is 0 Å². The number of hydrogen-bond donors (Lipinski definition) is 0. The molecule has 0 N–H and O–H groups in total. The molecule has 0 aliphatic heterocycles. The molecule has 0 bridgehead atoms. The lowest BCUT2D eigenvalue weighted by molar-refractivity contribution is -0.129. The Balaban J connectivity index is 2.00. The Bertz CT molecular complexity index is 572. The normalized spacial score (nSPS) is 10.7. The summed E-state index contributed by atoms with van der Waals surface area (Å²) in [4.78, 5) is 14.9. The van der Waals surface area contributed by atoms with Gasteiger partial charge in [-0.2, -0.15) is 0 Å². The van der Waals surface area contributed by atoms with Crippen LogP contribution in [-0.2, 0) is 17.8 Å². The van der Waals surface area contributed by atoms with Crippen molar-refractivity contribution >= 4 is 28.8 Å². The van der Waals surface area contributed by atoms with Crippen LogP contribution in [0.1, 0.15) is 21.9 Å². The predicted molar refractivity (Wildman–Crippen MR) is 75.5 cm³/mol. The summed E-state index contributed by atoms with van der Waals surface area (Å²) in [5.74, 6) is 0.748. The second-order valence-electron chi connectivity index (χ2n) is 4.44. The number of halogens is 1. The van der Waals surface area contributed by atoms with E-state index < -0.39 is 0 Å². The van der Waals surface area contributed by atoms with Gasteiger partial charge in [-0.25, -0.2) is 0 Å². The summed E-state index contributed by atoms with van der Waals surface area (Å²) in [5, 5.41) is 3.85. The third-order valence-electron chi connectivity index (χ3n) is 2.96. The maximum atomic E-state index is 12.2. The van der Waals surface area contributed by atoms with Crippen LogP contribution in [0.5, 0.6) is 0 Å². The fraction of sp³-hybridized carbons (Fsp3) is 0.385. The number of nitrogens with zero attached hydrogens (tertiary/aromatic N) is 2. The van der Waals surface area contributed by atoms with Gasteiger partial charge in [0.15, 0.2) is 0 Å². The Kier molecular flexibility index (Phi) is 4.27. The highest BCUT2D eigenvalue weighted by Gasteiger charge is 2.17. The molecule has 4 nitrogen and oxygen atoms in total. The molecule has 0 saturated carbocycles. The van der Waals surface area contributed by atoms with Crippen LogP contribution >= 0.6 is 22.9 Å². The van der Waals surface area contributed by atoms with E-state index in [2.05, 4.69) is 5.16 Å². The highest BCUT2D eigenvalue weighted by Crippen LogP contribution is 2.22. The van der Waals surface area contributed by atoms with Gasteiger partial charge in [0.1, 0.15) is 5.76 Å². The lowest BCUT2D eigenvalue weighted by Crippen LogP contribution is -2.27. The zero-order chi connectivity index (χ0) is 14.0. The van der Waals surface area contributed by atoms with E-state index in [1.807, 2.05) is 26.0 Å². The molecule has 2 heterocycles. The number of hydrogen-bond acceptors (Lipinski definition) is 4. The van der Waals surface area contributed by atoms with Crippen LogP contribution in [0.25, 0.3) is 0 Å². The number of aryl methyl sites for hydroxylation is 2. The monoisotopic (exact) mass is 298 g/mol. The van der Waals surface area contributed by atoms with E-state index in [-0.39, 0.29) is 5.91 Å². The maximum Gasteiger partial charge on any atom is 0.227 e. The molecule has 0 aromatic carbocycles. The quantitative estimate of drug-likeness (QED) is 0.871. The summed E-state index contributed by atoms with van der Waals surface area (Å²) in [6.45, 7) is 4.24. The van der Waals surface area contributed by atoms with E-state index in [1.54, 1.807) is 11.9 Å². The molecule has 0 fully saturated rings. The molecule has 0 unspecified atom stereocenters. The molecule has 0 spiro atoms. The molecular weight excluding hydrogens is 284 g/mol. The first-order chi connectivity index (χ1) is 8.97. The molecule has 0 atom stereocenters. The number of rotatable bonds is 4. The number of thiophene rings is 1. The summed E-state index contributed by atoms with van der Waals surface area (Å²) < 4.78 is 5.80. The van der Waals surface area contributed by atoms with Crippen LogP contribution in [0.2, 0.25) is 4.34 Å². The van der Waals surface area contributed by atoms with Gasteiger partial charge in [0.2, 0.25) is 5.91 Å². The van der Waals surface area contributed by atoms with E-state index in [0.717, 1.165) is 20.5 Å². The first kappa shape index (κ1) is 14.1. The van der Waals surface area contributed by atoms with Crippen LogP contribution in [0.3, 0.4) is 0 Å². The summed E-state index contributed by atoms with van der Waals surface area (Å²) in [6.07, 6.45) is 0.316. The van der Waals surface area contributed by atoms with Crippen molar-refractivity contribution in [2.24, 2.45) is 0 Å². The highest BCUT2D eigenvalue weighted by molar-refractivity contribution is 7.16. The Labute approximate surface area is 121 Å². The van der Waals surface area contributed by atoms with E-state index in [9.17, 15) is 4.79 Å². The van der Waals surface area contributed by atoms with E-state index >= 15 is 0 Å². The number of amides is 1. The molecule has 2 rings (SSSR count). The Hall–Kier alpha value is -1.33. The van der Waals surface area contributed by atoms with Gasteiger partial charge in [-0.05, 0) is 26.0 Å². The summed E-state index contributed by atoms with van der Waals surface area (Å²) in [7, 11) is 1.79. The lowest BCUT2D eigenvalue weighted by atomic mass is 10.1. The zero-order valence-corrected chi connectivity index (χ0v) is 12.6. The fourth-order valence-corrected chi connectivity index (χ4v) is 2.94. The minimum Gasteiger partial charge on any atom is -0.361 e. The van der Waals surface area contributed by atoms with Crippen LogP contribution in [0.4, 0.5) is 0 Å². The van der Waals surface area contributed by atoms with E-state index in [1.165, 1.54) is 11.3 Å². The van der Waals surface area contributed by atoms with Gasteiger partial charge >= 0.3 is 0 Å².